The molecular weight excluding hydrogens is 292 g/mol. The van der Waals surface area contributed by atoms with Crippen molar-refractivity contribution in [1.29, 1.82) is 0 Å². The summed E-state index contributed by atoms with van der Waals surface area (Å²) in [5.41, 5.74) is 0.422. The lowest BCUT2D eigenvalue weighted by molar-refractivity contribution is 0.228. The quantitative estimate of drug-likeness (QED) is 0.756. The van der Waals surface area contributed by atoms with E-state index in [4.69, 9.17) is 24.9 Å². The summed E-state index contributed by atoms with van der Waals surface area (Å²) in [6.45, 7) is 3.76. The zero-order valence-electron chi connectivity index (χ0n) is 11.3. The molecule has 19 heavy (non-hydrogen) atoms. The number of ether oxygens (including phenoxy) is 3. The van der Waals surface area contributed by atoms with Crippen molar-refractivity contribution < 1.29 is 22.6 Å². The van der Waals surface area contributed by atoms with E-state index in [2.05, 4.69) is 0 Å². The summed E-state index contributed by atoms with van der Waals surface area (Å²) in [7, 11) is 4.52. The molecule has 0 saturated heterocycles. The first-order chi connectivity index (χ1) is 8.76. The zero-order chi connectivity index (χ0) is 14.6. The van der Waals surface area contributed by atoms with Gasteiger partial charge in [0, 0.05) is 22.3 Å². The summed E-state index contributed by atoms with van der Waals surface area (Å²) in [6, 6.07) is 3.15. The number of hydrogen-bond acceptors (Lipinski definition) is 5. The molecule has 0 radical (unpaired) electrons. The van der Waals surface area contributed by atoms with E-state index >= 15 is 0 Å². The van der Waals surface area contributed by atoms with Crippen molar-refractivity contribution >= 4 is 19.7 Å². The molecule has 0 aliphatic carbocycles. The topological polar surface area (TPSA) is 61.8 Å². The number of hydrogen-bond donors (Lipinski definition) is 0. The number of rotatable bonds is 6. The molecule has 0 bridgehead atoms. The van der Waals surface area contributed by atoms with Gasteiger partial charge in [0.25, 0.3) is 0 Å². The first-order valence-electron chi connectivity index (χ1n) is 5.60. The number of halogens is 1. The summed E-state index contributed by atoms with van der Waals surface area (Å²) >= 11 is 0. The molecule has 0 unspecified atom stereocenters. The Labute approximate surface area is 117 Å². The Morgan fingerprint density at radius 3 is 2.11 bits per heavy atom. The predicted molar refractivity (Wildman–Crippen MR) is 73.8 cm³/mol. The molecule has 0 aromatic heterocycles. The third-order valence-corrected chi connectivity index (χ3v) is 3.24. The monoisotopic (exact) mass is 308 g/mol. The highest BCUT2D eigenvalue weighted by molar-refractivity contribution is 8.13. The van der Waals surface area contributed by atoms with E-state index in [1.807, 2.05) is 13.8 Å². The molecular formula is C12H17ClO5S. The number of methoxy groups -OCH3 is 2. The Hall–Kier alpha value is -1.14. The van der Waals surface area contributed by atoms with Crippen LogP contribution in [-0.4, -0.2) is 28.7 Å². The van der Waals surface area contributed by atoms with Crippen LogP contribution in [-0.2, 0) is 14.8 Å². The molecule has 0 heterocycles. The molecule has 1 aromatic rings. The Kier molecular flexibility index (Phi) is 5.31. The van der Waals surface area contributed by atoms with Gasteiger partial charge >= 0.3 is 0 Å². The molecule has 0 N–H and O–H groups in total. The first kappa shape index (κ1) is 15.9. The summed E-state index contributed by atoms with van der Waals surface area (Å²) in [4.78, 5) is 0. The van der Waals surface area contributed by atoms with E-state index in [-0.39, 0.29) is 11.9 Å². The van der Waals surface area contributed by atoms with Gasteiger partial charge in [-0.05, 0) is 19.9 Å². The van der Waals surface area contributed by atoms with Crippen LogP contribution in [0.15, 0.2) is 12.1 Å². The molecule has 0 spiro atoms. The van der Waals surface area contributed by atoms with Crippen molar-refractivity contribution in [3.63, 3.8) is 0 Å². The van der Waals surface area contributed by atoms with Crippen LogP contribution in [0.3, 0.4) is 0 Å². The van der Waals surface area contributed by atoms with Gasteiger partial charge in [0.1, 0.15) is 5.75 Å². The highest BCUT2D eigenvalue weighted by Gasteiger charge is 2.17. The largest absolute Gasteiger partial charge is 0.496 e. The lowest BCUT2D eigenvalue weighted by atomic mass is 10.2. The fourth-order valence-electron chi connectivity index (χ4n) is 1.58. The van der Waals surface area contributed by atoms with Crippen molar-refractivity contribution in [3.8, 4) is 17.2 Å². The Balaban J connectivity index is 3.26. The van der Waals surface area contributed by atoms with Crippen LogP contribution in [0.5, 0.6) is 17.2 Å². The van der Waals surface area contributed by atoms with E-state index < -0.39 is 9.05 Å². The predicted octanol–water partition coefficient (Wildman–Crippen LogP) is 2.56. The van der Waals surface area contributed by atoms with Gasteiger partial charge in [-0.2, -0.15) is 0 Å². The van der Waals surface area contributed by atoms with E-state index in [1.165, 1.54) is 14.2 Å². The maximum absolute atomic E-state index is 11.2. The molecule has 0 aliphatic rings. The van der Waals surface area contributed by atoms with Crippen LogP contribution < -0.4 is 14.2 Å². The third kappa shape index (κ3) is 4.80. The molecule has 0 atom stereocenters. The molecule has 1 aromatic carbocycles. The van der Waals surface area contributed by atoms with Crippen LogP contribution in [0.1, 0.15) is 19.4 Å². The van der Waals surface area contributed by atoms with E-state index in [0.29, 0.717) is 22.8 Å². The fourth-order valence-corrected chi connectivity index (χ4v) is 2.53. The summed E-state index contributed by atoms with van der Waals surface area (Å²) in [6.07, 6.45) is -0.0405. The smallest absolute Gasteiger partial charge is 0.236 e. The maximum atomic E-state index is 11.2. The Morgan fingerprint density at radius 1 is 1.11 bits per heavy atom. The fraction of sp³-hybridized carbons (Fsp3) is 0.500. The summed E-state index contributed by atoms with van der Waals surface area (Å²) in [5.74, 6) is 0.978. The van der Waals surface area contributed by atoms with Crippen molar-refractivity contribution in [2.75, 3.05) is 14.2 Å². The van der Waals surface area contributed by atoms with Gasteiger partial charge in [0.05, 0.1) is 26.1 Å². The maximum Gasteiger partial charge on any atom is 0.236 e. The minimum atomic E-state index is -3.67. The van der Waals surface area contributed by atoms with E-state index in [9.17, 15) is 8.42 Å². The summed E-state index contributed by atoms with van der Waals surface area (Å²) in [5, 5.41) is 0. The van der Waals surface area contributed by atoms with Crippen molar-refractivity contribution in [2.45, 2.75) is 25.7 Å². The molecule has 0 saturated carbocycles. The van der Waals surface area contributed by atoms with Gasteiger partial charge in [-0.15, -0.1) is 0 Å². The second-order valence-electron chi connectivity index (χ2n) is 4.16. The van der Waals surface area contributed by atoms with E-state index in [1.54, 1.807) is 12.1 Å². The molecule has 5 nitrogen and oxygen atoms in total. The van der Waals surface area contributed by atoms with Gasteiger partial charge in [0.15, 0.2) is 11.5 Å². The highest BCUT2D eigenvalue weighted by atomic mass is 35.7. The normalized spacial score (nSPS) is 11.5. The van der Waals surface area contributed by atoms with E-state index in [0.717, 1.165) is 0 Å². The van der Waals surface area contributed by atoms with Gasteiger partial charge in [-0.3, -0.25) is 0 Å². The Morgan fingerprint density at radius 2 is 1.68 bits per heavy atom. The van der Waals surface area contributed by atoms with Crippen molar-refractivity contribution in [2.24, 2.45) is 0 Å². The van der Waals surface area contributed by atoms with Crippen LogP contribution in [0.2, 0.25) is 0 Å². The summed E-state index contributed by atoms with van der Waals surface area (Å²) < 4.78 is 38.3. The molecule has 108 valence electrons. The molecule has 7 heteroatoms. The molecule has 0 fully saturated rings. The molecule has 1 rings (SSSR count). The first-order valence-corrected chi connectivity index (χ1v) is 8.08. The van der Waals surface area contributed by atoms with Gasteiger partial charge < -0.3 is 14.2 Å². The third-order valence-electron chi connectivity index (χ3n) is 2.26. The standard InChI is InChI=1S/C12H17ClO5S/c1-8(2)18-12-6-10(16-3)9(5-11(12)17-4)7-19(13,14)15/h5-6,8H,7H2,1-4H3. The average Bonchev–Trinajstić information content (AvgIpc) is 2.27. The van der Waals surface area contributed by atoms with Gasteiger partial charge in [-0.25, -0.2) is 8.42 Å². The highest BCUT2D eigenvalue weighted by Crippen LogP contribution is 2.36. The second kappa shape index (κ2) is 6.34. The van der Waals surface area contributed by atoms with Crippen LogP contribution in [0.25, 0.3) is 0 Å². The van der Waals surface area contributed by atoms with Crippen molar-refractivity contribution in [1.82, 2.24) is 0 Å². The minimum absolute atomic E-state index is 0.0405. The van der Waals surface area contributed by atoms with Crippen LogP contribution in [0, 0.1) is 0 Å². The van der Waals surface area contributed by atoms with Gasteiger partial charge in [-0.1, -0.05) is 0 Å². The van der Waals surface area contributed by atoms with Crippen LogP contribution in [0.4, 0.5) is 0 Å². The number of benzene rings is 1. The molecule has 0 aliphatic heterocycles. The van der Waals surface area contributed by atoms with Gasteiger partial charge in [0.2, 0.25) is 9.05 Å². The zero-order valence-corrected chi connectivity index (χ0v) is 12.8. The lowest BCUT2D eigenvalue weighted by Crippen LogP contribution is -2.08. The second-order valence-corrected chi connectivity index (χ2v) is 6.94. The average molecular weight is 309 g/mol. The lowest BCUT2D eigenvalue weighted by Gasteiger charge is -2.16. The Bertz CT molecular complexity index is 539. The van der Waals surface area contributed by atoms with Crippen molar-refractivity contribution in [3.05, 3.63) is 17.7 Å². The van der Waals surface area contributed by atoms with Crippen LogP contribution >= 0.6 is 10.7 Å². The minimum Gasteiger partial charge on any atom is -0.496 e. The SMILES string of the molecule is COc1cc(OC(C)C)c(OC)cc1CS(=O)(=O)Cl. The molecule has 0 amide bonds.